The van der Waals surface area contributed by atoms with Gasteiger partial charge in [-0.15, -0.1) is 0 Å². The molecule has 6 heteroatoms. The fourth-order valence-electron chi connectivity index (χ4n) is 0.843. The predicted molar refractivity (Wildman–Crippen MR) is 59.7 cm³/mol. The number of ether oxygens (including phenoxy) is 1. The Labute approximate surface area is 97.4 Å². The Morgan fingerprint density at radius 3 is 2.25 bits per heavy atom. The minimum atomic E-state index is -0.615. The van der Waals surface area contributed by atoms with Crippen LogP contribution < -0.4 is 5.56 Å². The number of hydrogen-bond donors (Lipinski definition) is 1. The molecule has 0 radical (unpaired) electrons. The zero-order chi connectivity index (χ0) is 12.7. The average molecular weight is 246 g/mol. The van der Waals surface area contributed by atoms with Gasteiger partial charge in [-0.2, -0.15) is 0 Å². The van der Waals surface area contributed by atoms with Crippen molar-refractivity contribution in [3.8, 4) is 0 Å². The van der Waals surface area contributed by atoms with Crippen LogP contribution in [0.2, 0.25) is 0 Å². The highest BCUT2D eigenvalue weighted by Crippen LogP contribution is 1.94. The molecule has 0 unspecified atom stereocenters. The molecule has 1 aromatic rings. The van der Waals surface area contributed by atoms with Gasteiger partial charge in [0.05, 0.1) is 7.11 Å². The first kappa shape index (κ1) is 14.4. The fraction of sp³-hybridized carbons (Fsp3) is 0.300. The largest absolute Gasteiger partial charge is 0.465 e. The maximum Gasteiger partial charge on any atom is 0.343 e. The van der Waals surface area contributed by atoms with E-state index in [9.17, 15) is 14.4 Å². The molecule has 0 aliphatic rings. The quantitative estimate of drug-likeness (QED) is 0.597. The number of halogens is 1. The molecule has 1 rings (SSSR count). The standard InChI is InChI=1S/C8H9NO3.C2H3ClO/c1-5-3-4-6(7(10)9-5)8(11)12-2;1-2(3)4/h3-4H,1-2H3,(H,9,10);1H3. The van der Waals surface area contributed by atoms with Gasteiger partial charge in [-0.1, -0.05) is 0 Å². The van der Waals surface area contributed by atoms with Crippen LogP contribution >= 0.6 is 11.6 Å². The van der Waals surface area contributed by atoms with Gasteiger partial charge in [-0.3, -0.25) is 9.59 Å². The van der Waals surface area contributed by atoms with Gasteiger partial charge in [-0.05, 0) is 30.7 Å². The number of carbonyl (C=O) groups excluding carboxylic acids is 2. The van der Waals surface area contributed by atoms with Crippen LogP contribution in [0.15, 0.2) is 16.9 Å². The van der Waals surface area contributed by atoms with Gasteiger partial charge in [0.15, 0.2) is 0 Å². The molecular weight excluding hydrogens is 234 g/mol. The number of aromatic amines is 1. The Hall–Kier alpha value is -1.62. The van der Waals surface area contributed by atoms with E-state index < -0.39 is 11.5 Å². The van der Waals surface area contributed by atoms with Crippen molar-refractivity contribution in [3.63, 3.8) is 0 Å². The monoisotopic (exact) mass is 245 g/mol. The van der Waals surface area contributed by atoms with Gasteiger partial charge in [0.2, 0.25) is 5.24 Å². The van der Waals surface area contributed by atoms with Gasteiger partial charge in [0, 0.05) is 12.6 Å². The molecule has 0 aromatic carbocycles. The van der Waals surface area contributed by atoms with E-state index in [-0.39, 0.29) is 10.8 Å². The second kappa shape index (κ2) is 6.79. The zero-order valence-corrected chi connectivity index (χ0v) is 9.92. The van der Waals surface area contributed by atoms with Crippen molar-refractivity contribution in [1.82, 2.24) is 4.98 Å². The Kier molecular flexibility index (Phi) is 6.10. The van der Waals surface area contributed by atoms with E-state index >= 15 is 0 Å². The van der Waals surface area contributed by atoms with E-state index in [1.165, 1.54) is 20.1 Å². The first-order chi connectivity index (χ1) is 7.38. The van der Waals surface area contributed by atoms with Gasteiger partial charge in [-0.25, -0.2) is 4.79 Å². The van der Waals surface area contributed by atoms with Crippen LogP contribution in [-0.4, -0.2) is 23.3 Å². The normalized spacial score (nSPS) is 8.75. The highest BCUT2D eigenvalue weighted by atomic mass is 35.5. The molecule has 1 aromatic heterocycles. The second-order valence-corrected chi connectivity index (χ2v) is 3.38. The third-order valence-electron chi connectivity index (χ3n) is 1.46. The summed E-state index contributed by atoms with van der Waals surface area (Å²) >= 11 is 4.64. The van der Waals surface area contributed by atoms with Crippen LogP contribution in [0.5, 0.6) is 0 Å². The van der Waals surface area contributed by atoms with E-state index in [0.29, 0.717) is 5.69 Å². The van der Waals surface area contributed by atoms with E-state index in [0.717, 1.165) is 0 Å². The molecule has 0 spiro atoms. The molecular formula is C10H12ClNO4. The number of hydrogen-bond acceptors (Lipinski definition) is 4. The lowest BCUT2D eigenvalue weighted by Crippen LogP contribution is -2.18. The molecule has 16 heavy (non-hydrogen) atoms. The lowest BCUT2D eigenvalue weighted by molar-refractivity contribution is -0.109. The summed E-state index contributed by atoms with van der Waals surface area (Å²) in [5, 5.41) is -0.361. The zero-order valence-electron chi connectivity index (χ0n) is 9.17. The smallest absolute Gasteiger partial charge is 0.343 e. The molecule has 0 saturated heterocycles. The van der Waals surface area contributed by atoms with Gasteiger partial charge >= 0.3 is 5.97 Å². The number of aromatic nitrogens is 1. The highest BCUT2D eigenvalue weighted by Gasteiger charge is 2.08. The summed E-state index contributed by atoms with van der Waals surface area (Å²) < 4.78 is 4.40. The minimum Gasteiger partial charge on any atom is -0.465 e. The number of aryl methyl sites for hydroxylation is 1. The van der Waals surface area contributed by atoms with E-state index in [1.54, 1.807) is 13.0 Å². The molecule has 1 N–H and O–H groups in total. The highest BCUT2D eigenvalue weighted by molar-refractivity contribution is 6.62. The molecule has 5 nitrogen and oxygen atoms in total. The third kappa shape index (κ3) is 5.31. The number of nitrogens with one attached hydrogen (secondary N) is 1. The minimum absolute atomic E-state index is 0.0306. The number of H-pyrrole nitrogens is 1. The SMILES string of the molecule is CC(=O)Cl.COC(=O)c1ccc(C)[nH]c1=O. The summed E-state index contributed by atoms with van der Waals surface area (Å²) in [6, 6.07) is 3.09. The van der Waals surface area contributed by atoms with E-state index in [2.05, 4.69) is 21.3 Å². The lowest BCUT2D eigenvalue weighted by Gasteiger charge is -1.97. The average Bonchev–Trinajstić information content (AvgIpc) is 2.16. The molecule has 0 fully saturated rings. The Morgan fingerprint density at radius 2 is 1.88 bits per heavy atom. The van der Waals surface area contributed by atoms with Crippen LogP contribution in [0.3, 0.4) is 0 Å². The van der Waals surface area contributed by atoms with E-state index in [4.69, 9.17) is 0 Å². The Bertz CT molecular complexity index is 435. The van der Waals surface area contributed by atoms with Crippen LogP contribution in [0.1, 0.15) is 23.0 Å². The van der Waals surface area contributed by atoms with Crippen molar-refractivity contribution in [2.45, 2.75) is 13.8 Å². The molecule has 0 saturated carbocycles. The van der Waals surface area contributed by atoms with Gasteiger partial charge < -0.3 is 9.72 Å². The fourth-order valence-corrected chi connectivity index (χ4v) is 0.843. The van der Waals surface area contributed by atoms with Crippen molar-refractivity contribution >= 4 is 22.8 Å². The van der Waals surface area contributed by atoms with Gasteiger partial charge in [0.1, 0.15) is 5.56 Å². The van der Waals surface area contributed by atoms with Crippen molar-refractivity contribution in [3.05, 3.63) is 33.7 Å². The maximum absolute atomic E-state index is 11.1. The summed E-state index contributed by atoms with van der Waals surface area (Å²) in [6.07, 6.45) is 0. The first-order valence-corrected chi connectivity index (χ1v) is 4.70. The van der Waals surface area contributed by atoms with Crippen LogP contribution in [0.25, 0.3) is 0 Å². The topological polar surface area (TPSA) is 76.2 Å². The maximum atomic E-state index is 11.1. The molecule has 0 aliphatic carbocycles. The third-order valence-corrected chi connectivity index (χ3v) is 1.46. The molecule has 88 valence electrons. The van der Waals surface area contributed by atoms with Gasteiger partial charge in [0.25, 0.3) is 5.56 Å². The molecule has 0 atom stereocenters. The molecule has 0 amide bonds. The van der Waals surface area contributed by atoms with Crippen LogP contribution in [0, 0.1) is 6.92 Å². The summed E-state index contributed by atoms with van der Waals surface area (Å²) in [4.78, 5) is 33.7. The Balaban J connectivity index is 0.000000487. The van der Waals surface area contributed by atoms with Crippen molar-refractivity contribution < 1.29 is 14.3 Å². The molecule has 0 bridgehead atoms. The predicted octanol–water partition coefficient (Wildman–Crippen LogP) is 1.24. The van der Waals surface area contributed by atoms with Crippen LogP contribution in [-0.2, 0) is 9.53 Å². The number of esters is 1. The number of rotatable bonds is 1. The summed E-state index contributed by atoms with van der Waals surface area (Å²) in [5.74, 6) is -0.615. The van der Waals surface area contributed by atoms with Crippen molar-refractivity contribution in [1.29, 1.82) is 0 Å². The molecule has 1 heterocycles. The first-order valence-electron chi connectivity index (χ1n) is 4.32. The lowest BCUT2D eigenvalue weighted by atomic mass is 10.2. The number of methoxy groups -OCH3 is 1. The van der Waals surface area contributed by atoms with Crippen molar-refractivity contribution in [2.75, 3.05) is 7.11 Å². The van der Waals surface area contributed by atoms with E-state index in [1.807, 2.05) is 0 Å². The number of carbonyl (C=O) groups is 2. The van der Waals surface area contributed by atoms with Crippen molar-refractivity contribution in [2.24, 2.45) is 0 Å². The summed E-state index contributed by atoms with van der Waals surface area (Å²) in [7, 11) is 1.24. The molecule has 0 aliphatic heterocycles. The summed E-state index contributed by atoms with van der Waals surface area (Å²) in [6.45, 7) is 3.03. The number of pyridine rings is 1. The van der Waals surface area contributed by atoms with Crippen LogP contribution in [0.4, 0.5) is 0 Å². The second-order valence-electron chi connectivity index (χ2n) is 2.85. The Morgan fingerprint density at radius 1 is 1.38 bits per heavy atom. The summed E-state index contributed by atoms with van der Waals surface area (Å²) in [5.41, 5.74) is 0.331.